The second kappa shape index (κ2) is 11.2. The minimum atomic E-state index is -0.445. The zero-order valence-electron chi connectivity index (χ0n) is 19.4. The second-order valence-corrected chi connectivity index (χ2v) is 10.8. The van der Waals surface area contributed by atoms with E-state index in [9.17, 15) is 14.9 Å². The second-order valence-electron chi connectivity index (χ2n) is 8.22. The minimum absolute atomic E-state index is 0.0500. The van der Waals surface area contributed by atoms with Crippen molar-refractivity contribution in [3.8, 4) is 0 Å². The van der Waals surface area contributed by atoms with Crippen LogP contribution < -0.4 is 5.32 Å². The number of benzene rings is 2. The molecule has 1 aliphatic carbocycles. The predicted molar refractivity (Wildman–Crippen MR) is 147 cm³/mol. The lowest BCUT2D eigenvalue weighted by atomic mass is 9.95. The number of anilines is 1. The summed E-state index contributed by atoms with van der Waals surface area (Å²) in [6.07, 6.45) is 8.64. The van der Waals surface area contributed by atoms with Crippen molar-refractivity contribution >= 4 is 63.2 Å². The molecule has 0 unspecified atom stereocenters. The summed E-state index contributed by atoms with van der Waals surface area (Å²) in [5, 5.41) is 16.1. The Kier molecular flexibility index (Phi) is 7.59. The van der Waals surface area contributed by atoms with Crippen molar-refractivity contribution < 1.29 is 9.72 Å². The molecule has 1 aliphatic rings. The van der Waals surface area contributed by atoms with Crippen molar-refractivity contribution in [2.45, 2.75) is 35.7 Å². The number of amides is 1. The molecular formula is C26H20ClN5O3S2. The molecule has 37 heavy (non-hydrogen) atoms. The van der Waals surface area contributed by atoms with Gasteiger partial charge in [0.15, 0.2) is 5.16 Å². The summed E-state index contributed by atoms with van der Waals surface area (Å²) in [5.74, 6) is -0.236. The van der Waals surface area contributed by atoms with Crippen molar-refractivity contribution in [3.63, 3.8) is 0 Å². The molecule has 1 amide bonds. The quantitative estimate of drug-likeness (QED) is 0.114. The van der Waals surface area contributed by atoms with Crippen molar-refractivity contribution in [2.24, 2.45) is 4.99 Å². The Morgan fingerprint density at radius 3 is 2.65 bits per heavy atom. The Bertz CT molecular complexity index is 1490. The topological polar surface area (TPSA) is 110 Å². The summed E-state index contributed by atoms with van der Waals surface area (Å²) in [6, 6.07) is 13.2. The highest BCUT2D eigenvalue weighted by molar-refractivity contribution is 7.99. The first-order valence-electron chi connectivity index (χ1n) is 11.5. The molecule has 0 radical (unpaired) electrons. The highest BCUT2D eigenvalue weighted by atomic mass is 35.5. The summed E-state index contributed by atoms with van der Waals surface area (Å²) in [4.78, 5) is 39.4. The maximum atomic E-state index is 13.4. The van der Waals surface area contributed by atoms with Crippen LogP contribution in [0.4, 0.5) is 16.4 Å². The van der Waals surface area contributed by atoms with E-state index >= 15 is 0 Å². The molecule has 0 saturated carbocycles. The van der Waals surface area contributed by atoms with E-state index < -0.39 is 4.92 Å². The molecule has 0 bridgehead atoms. The number of rotatable bonds is 7. The number of nitrogens with one attached hydrogen (secondary N) is 1. The van der Waals surface area contributed by atoms with Crippen LogP contribution in [0.5, 0.6) is 0 Å². The molecule has 0 fully saturated rings. The Labute approximate surface area is 226 Å². The molecule has 4 aromatic rings. The molecule has 0 aliphatic heterocycles. The molecule has 11 heteroatoms. The molecular weight excluding hydrogens is 530 g/mol. The highest BCUT2D eigenvalue weighted by Crippen LogP contribution is 2.40. The van der Waals surface area contributed by atoms with Gasteiger partial charge in [-0.3, -0.25) is 14.9 Å². The number of nitrogens with zero attached hydrogens (tertiary/aromatic N) is 4. The van der Waals surface area contributed by atoms with E-state index in [4.69, 9.17) is 16.6 Å². The number of aryl methyl sites for hydroxylation is 1. The normalized spacial score (nSPS) is 12.9. The van der Waals surface area contributed by atoms with Gasteiger partial charge in [-0.25, -0.2) is 15.0 Å². The average Bonchev–Trinajstić information content (AvgIpc) is 3.28. The van der Waals surface area contributed by atoms with Crippen LogP contribution in [0.15, 0.2) is 76.0 Å². The van der Waals surface area contributed by atoms with Gasteiger partial charge in [-0.2, -0.15) is 0 Å². The molecule has 1 N–H and O–H groups in total. The van der Waals surface area contributed by atoms with Crippen molar-refractivity contribution in [1.29, 1.82) is 0 Å². The number of carbonyl (C=O) groups excluding carboxylic acids is 1. The third-order valence-electron chi connectivity index (χ3n) is 5.75. The van der Waals surface area contributed by atoms with Crippen LogP contribution in [0.1, 0.15) is 39.2 Å². The largest absolute Gasteiger partial charge is 0.322 e. The van der Waals surface area contributed by atoms with E-state index in [0.29, 0.717) is 36.9 Å². The van der Waals surface area contributed by atoms with Crippen LogP contribution in [-0.4, -0.2) is 27.0 Å². The van der Waals surface area contributed by atoms with Crippen molar-refractivity contribution in [2.75, 3.05) is 5.32 Å². The zero-order chi connectivity index (χ0) is 25.8. The number of non-ortho nitro benzene ring substituents is 1. The lowest BCUT2D eigenvalue weighted by molar-refractivity contribution is -0.384. The Morgan fingerprint density at radius 2 is 1.89 bits per heavy atom. The fourth-order valence-electron chi connectivity index (χ4n) is 4.01. The number of halogens is 1. The lowest BCUT2D eigenvalue weighted by Gasteiger charge is -2.13. The number of hydrogen-bond acceptors (Lipinski definition) is 8. The Morgan fingerprint density at radius 1 is 1.14 bits per heavy atom. The standard InChI is InChI=1S/C26H20ClN5O3S2/c27-17-6-8-18(9-7-17)31-24(33)23-20-4-1-2-5-22(20)36-25(23)30-15-16-14-19(32(34)35)10-11-21(16)37-26-28-12-3-13-29-26/h3,6-15H,1-2,4-5H2,(H,31,33). The molecule has 2 aromatic carbocycles. The van der Waals surface area contributed by atoms with Crippen molar-refractivity contribution in [1.82, 2.24) is 9.97 Å². The van der Waals surface area contributed by atoms with Gasteiger partial charge in [0.1, 0.15) is 5.00 Å². The Hall–Kier alpha value is -3.60. The van der Waals surface area contributed by atoms with Crippen LogP contribution in [0.25, 0.3) is 0 Å². The van der Waals surface area contributed by atoms with Gasteiger partial charge in [-0.1, -0.05) is 11.6 Å². The fourth-order valence-corrected chi connectivity index (χ4v) is 6.16. The monoisotopic (exact) mass is 549 g/mol. The van der Waals surface area contributed by atoms with Gasteiger partial charge in [0.2, 0.25) is 0 Å². The van der Waals surface area contributed by atoms with Gasteiger partial charge in [-0.15, -0.1) is 11.3 Å². The zero-order valence-corrected chi connectivity index (χ0v) is 21.8. The number of hydrogen-bond donors (Lipinski definition) is 1. The van der Waals surface area contributed by atoms with E-state index in [2.05, 4.69) is 15.3 Å². The maximum absolute atomic E-state index is 13.4. The van der Waals surface area contributed by atoms with E-state index in [1.807, 2.05) is 0 Å². The van der Waals surface area contributed by atoms with Gasteiger partial charge in [0.05, 0.1) is 10.5 Å². The molecule has 2 heterocycles. The number of aliphatic imine (C=N–C) groups is 1. The van der Waals surface area contributed by atoms with Crippen molar-refractivity contribution in [3.05, 3.63) is 97.6 Å². The number of aromatic nitrogens is 2. The third kappa shape index (κ3) is 5.87. The van der Waals surface area contributed by atoms with Crippen LogP contribution in [-0.2, 0) is 12.8 Å². The van der Waals surface area contributed by atoms with Crippen LogP contribution >= 0.6 is 34.7 Å². The van der Waals surface area contributed by atoms with Gasteiger partial charge in [0, 0.05) is 56.8 Å². The van der Waals surface area contributed by atoms with Gasteiger partial charge in [-0.05, 0) is 79.4 Å². The van der Waals surface area contributed by atoms with Gasteiger partial charge in [0.25, 0.3) is 11.6 Å². The first-order chi connectivity index (χ1) is 18.0. The molecule has 2 aromatic heterocycles. The number of nitro benzene ring substituents is 1. The molecule has 0 atom stereocenters. The summed E-state index contributed by atoms with van der Waals surface area (Å²) in [5.41, 5.74) is 2.71. The summed E-state index contributed by atoms with van der Waals surface area (Å²) >= 11 is 8.77. The van der Waals surface area contributed by atoms with E-state index in [-0.39, 0.29) is 11.6 Å². The SMILES string of the molecule is O=C(Nc1ccc(Cl)cc1)c1c(N=Cc2cc([N+](=O)[O-])ccc2Sc2ncccn2)sc2c1CCCC2. The first kappa shape index (κ1) is 25.1. The molecule has 0 spiro atoms. The average molecular weight is 550 g/mol. The van der Waals surface area contributed by atoms with Crippen LogP contribution in [0.3, 0.4) is 0 Å². The minimum Gasteiger partial charge on any atom is -0.322 e. The predicted octanol–water partition coefficient (Wildman–Crippen LogP) is 7.13. The van der Waals surface area contributed by atoms with E-state index in [1.165, 1.54) is 35.2 Å². The number of fused-ring (bicyclic) bond motifs is 1. The Balaban J connectivity index is 1.51. The molecule has 8 nitrogen and oxygen atoms in total. The summed E-state index contributed by atoms with van der Waals surface area (Å²) in [7, 11) is 0. The maximum Gasteiger partial charge on any atom is 0.270 e. The molecule has 186 valence electrons. The molecule has 0 saturated heterocycles. The summed E-state index contributed by atoms with van der Waals surface area (Å²) in [6.45, 7) is 0. The number of nitro groups is 1. The van der Waals surface area contributed by atoms with Crippen LogP contribution in [0, 0.1) is 10.1 Å². The van der Waals surface area contributed by atoms with E-state index in [0.717, 1.165) is 36.1 Å². The van der Waals surface area contributed by atoms with E-state index in [1.54, 1.807) is 55.0 Å². The van der Waals surface area contributed by atoms with Crippen LogP contribution in [0.2, 0.25) is 5.02 Å². The third-order valence-corrected chi connectivity index (χ3v) is 8.19. The summed E-state index contributed by atoms with van der Waals surface area (Å²) < 4.78 is 0. The fraction of sp³-hybridized carbons (Fsp3) is 0.154. The van der Waals surface area contributed by atoms with Gasteiger partial charge < -0.3 is 5.32 Å². The number of thiophene rings is 1. The lowest BCUT2D eigenvalue weighted by Crippen LogP contribution is -2.14. The highest BCUT2D eigenvalue weighted by Gasteiger charge is 2.25. The smallest absolute Gasteiger partial charge is 0.270 e. The first-order valence-corrected chi connectivity index (χ1v) is 13.5. The number of carbonyl (C=O) groups is 1. The van der Waals surface area contributed by atoms with Gasteiger partial charge >= 0.3 is 0 Å². The molecule has 5 rings (SSSR count).